The van der Waals surface area contributed by atoms with Crippen molar-refractivity contribution < 1.29 is 8.83 Å². The molecule has 4 nitrogen and oxygen atoms in total. The van der Waals surface area contributed by atoms with Gasteiger partial charge >= 0.3 is 0 Å². The highest BCUT2D eigenvalue weighted by molar-refractivity contribution is 6.18. The number of anilines is 2. The number of fused-ring (bicyclic) bond motifs is 8. The van der Waals surface area contributed by atoms with Crippen LogP contribution in [0.25, 0.3) is 65.4 Å². The van der Waals surface area contributed by atoms with Gasteiger partial charge in [-0.15, -0.1) is 0 Å². The maximum Gasteiger partial charge on any atom is 0.136 e. The fourth-order valence-corrected chi connectivity index (χ4v) is 8.55. The van der Waals surface area contributed by atoms with Crippen LogP contribution in [0.15, 0.2) is 81.6 Å². The Bertz CT molecular complexity index is 2090. The quantitative estimate of drug-likeness (QED) is 0.199. The molecule has 4 heterocycles. The summed E-state index contributed by atoms with van der Waals surface area (Å²) >= 11 is 0. The molecule has 0 radical (unpaired) electrons. The predicted octanol–water partition coefficient (Wildman–Crippen LogP) is 11.5. The Balaban J connectivity index is 1.06. The van der Waals surface area contributed by atoms with Crippen molar-refractivity contribution in [3.63, 3.8) is 0 Å². The van der Waals surface area contributed by atoms with Crippen LogP contribution in [-0.2, 0) is 0 Å². The Kier molecular flexibility index (Phi) is 6.52. The molecule has 0 bridgehead atoms. The largest absolute Gasteiger partial charge is 0.456 e. The van der Waals surface area contributed by atoms with Gasteiger partial charge in [0, 0.05) is 59.1 Å². The summed E-state index contributed by atoms with van der Waals surface area (Å²) in [6.45, 7) is 14.0. The van der Waals surface area contributed by atoms with Gasteiger partial charge in [0.2, 0.25) is 0 Å². The number of benzene rings is 5. The molecule has 7 aromatic rings. The highest BCUT2D eigenvalue weighted by atomic mass is 16.3. The lowest BCUT2D eigenvalue weighted by atomic mass is 9.86. The molecular weight excluding hydrogens is 564 g/mol. The van der Waals surface area contributed by atoms with Crippen molar-refractivity contribution in [2.45, 2.75) is 53.4 Å². The van der Waals surface area contributed by atoms with Gasteiger partial charge in [0.15, 0.2) is 0 Å². The van der Waals surface area contributed by atoms with Crippen LogP contribution < -0.4 is 9.80 Å². The monoisotopic (exact) mass is 608 g/mol. The molecule has 0 N–H and O–H groups in total. The summed E-state index contributed by atoms with van der Waals surface area (Å²) in [5, 5.41) is 9.48. The van der Waals surface area contributed by atoms with Gasteiger partial charge in [0.25, 0.3) is 0 Å². The van der Waals surface area contributed by atoms with Gasteiger partial charge in [-0.3, -0.25) is 0 Å². The summed E-state index contributed by atoms with van der Waals surface area (Å²) in [6.07, 6.45) is 5.12. The maximum atomic E-state index is 6.54. The van der Waals surface area contributed by atoms with Gasteiger partial charge in [0.05, 0.1) is 0 Å². The lowest BCUT2D eigenvalue weighted by Crippen LogP contribution is -2.35. The molecule has 9 rings (SSSR count). The van der Waals surface area contributed by atoms with Crippen LogP contribution in [0.3, 0.4) is 0 Å². The zero-order chi connectivity index (χ0) is 31.1. The van der Waals surface area contributed by atoms with E-state index in [4.69, 9.17) is 8.83 Å². The third-order valence-electron chi connectivity index (χ3n) is 11.6. The van der Waals surface area contributed by atoms with Crippen molar-refractivity contribution >= 4 is 76.8 Å². The Morgan fingerprint density at radius 2 is 0.826 bits per heavy atom. The molecule has 5 aromatic carbocycles. The number of piperidine rings is 2. The molecule has 2 saturated heterocycles. The molecule has 234 valence electrons. The second-order valence-electron chi connectivity index (χ2n) is 14.9. The molecule has 2 aliphatic heterocycles. The smallest absolute Gasteiger partial charge is 0.136 e. The molecular formula is C42H44N2O2. The zero-order valence-electron chi connectivity index (χ0n) is 27.6. The van der Waals surface area contributed by atoms with Gasteiger partial charge in [-0.05, 0) is 132 Å². The van der Waals surface area contributed by atoms with Crippen LogP contribution in [-0.4, -0.2) is 26.2 Å². The summed E-state index contributed by atoms with van der Waals surface area (Å²) in [5.74, 6) is 3.24. The van der Waals surface area contributed by atoms with Crippen LogP contribution in [0.5, 0.6) is 0 Å². The summed E-state index contributed by atoms with van der Waals surface area (Å²) in [7, 11) is 0. The third kappa shape index (κ3) is 4.63. The summed E-state index contributed by atoms with van der Waals surface area (Å²) in [6, 6.07) is 27.3. The van der Waals surface area contributed by atoms with E-state index in [2.05, 4.69) is 110 Å². The minimum atomic E-state index is 0.774. The molecule has 0 amide bonds. The van der Waals surface area contributed by atoms with Crippen LogP contribution in [0.4, 0.5) is 11.4 Å². The van der Waals surface area contributed by atoms with Crippen LogP contribution in [0.2, 0.25) is 0 Å². The van der Waals surface area contributed by atoms with Crippen LogP contribution >= 0.6 is 0 Å². The Labute approximate surface area is 270 Å². The first-order valence-corrected chi connectivity index (χ1v) is 17.6. The first-order chi connectivity index (χ1) is 22.4. The molecule has 0 atom stereocenters. The molecule has 4 heteroatoms. The van der Waals surface area contributed by atoms with Gasteiger partial charge in [-0.1, -0.05) is 39.8 Å². The average Bonchev–Trinajstić information content (AvgIpc) is 3.60. The predicted molar refractivity (Wildman–Crippen MR) is 196 cm³/mol. The van der Waals surface area contributed by atoms with Crippen LogP contribution in [0, 0.1) is 23.7 Å². The minimum Gasteiger partial charge on any atom is -0.456 e. The van der Waals surface area contributed by atoms with Crippen molar-refractivity contribution in [3.8, 4) is 0 Å². The van der Waals surface area contributed by atoms with E-state index >= 15 is 0 Å². The highest BCUT2D eigenvalue weighted by Gasteiger charge is 2.23. The molecule has 2 aliphatic rings. The zero-order valence-corrected chi connectivity index (χ0v) is 27.6. The third-order valence-corrected chi connectivity index (χ3v) is 11.6. The van der Waals surface area contributed by atoms with E-state index in [0.29, 0.717) is 0 Å². The van der Waals surface area contributed by atoms with Crippen molar-refractivity contribution in [2.24, 2.45) is 23.7 Å². The molecule has 0 unspecified atom stereocenters. The Hall–Kier alpha value is -4.18. The van der Waals surface area contributed by atoms with E-state index < -0.39 is 0 Å². The number of furan rings is 2. The summed E-state index contributed by atoms with van der Waals surface area (Å²) < 4.78 is 13.1. The van der Waals surface area contributed by atoms with E-state index in [1.54, 1.807) is 0 Å². The van der Waals surface area contributed by atoms with E-state index in [1.807, 2.05) is 0 Å². The molecule has 0 aliphatic carbocycles. The van der Waals surface area contributed by atoms with Crippen molar-refractivity contribution in [1.82, 2.24) is 0 Å². The van der Waals surface area contributed by atoms with Crippen molar-refractivity contribution in [1.29, 1.82) is 0 Å². The standard InChI is InChI=1S/C42H44N2O2/c1-25(2)27-9-13-43(14-10-27)33-7-5-29-19-35-37-23-42-38(24-41(37)45-39(35)21-31(29)17-33)36-20-30-6-8-34(18-32(30)22-40(36)46-42)44-15-11-28(12-16-44)26(3)4/h5-8,17-28H,9-16H2,1-4H3. The number of nitrogens with zero attached hydrogens (tertiary/aromatic N) is 2. The Morgan fingerprint density at radius 1 is 0.457 bits per heavy atom. The van der Waals surface area contributed by atoms with Crippen LogP contribution in [0.1, 0.15) is 53.4 Å². The number of hydrogen-bond donors (Lipinski definition) is 0. The van der Waals surface area contributed by atoms with E-state index in [1.165, 1.54) is 58.6 Å². The van der Waals surface area contributed by atoms with Gasteiger partial charge in [0.1, 0.15) is 22.3 Å². The van der Waals surface area contributed by atoms with E-state index in [-0.39, 0.29) is 0 Å². The topological polar surface area (TPSA) is 32.8 Å². The SMILES string of the molecule is CC(C)C1CCN(c2ccc3cc4c(cc3c2)oc2cc3c(cc24)oc2cc4cc(N5CCC(C(C)C)CC5)ccc4cc23)CC1. The fraction of sp³-hybridized carbons (Fsp3) is 0.381. The first kappa shape index (κ1) is 28.1. The minimum absolute atomic E-state index is 0.774. The molecule has 46 heavy (non-hydrogen) atoms. The molecule has 2 aromatic heterocycles. The van der Waals surface area contributed by atoms with E-state index in [0.717, 1.165) is 93.7 Å². The second-order valence-corrected chi connectivity index (χ2v) is 14.9. The average molecular weight is 609 g/mol. The number of rotatable bonds is 4. The molecule has 0 spiro atoms. The fourth-order valence-electron chi connectivity index (χ4n) is 8.55. The summed E-state index contributed by atoms with van der Waals surface area (Å²) in [4.78, 5) is 5.11. The lowest BCUT2D eigenvalue weighted by molar-refractivity contribution is 0.311. The van der Waals surface area contributed by atoms with E-state index in [9.17, 15) is 0 Å². The lowest BCUT2D eigenvalue weighted by Gasteiger charge is -2.35. The second kappa shape index (κ2) is 10.7. The van der Waals surface area contributed by atoms with Gasteiger partial charge < -0.3 is 18.6 Å². The highest BCUT2D eigenvalue weighted by Crippen LogP contribution is 2.40. The molecule has 2 fully saturated rings. The summed E-state index contributed by atoms with van der Waals surface area (Å²) in [5.41, 5.74) is 6.35. The molecule has 0 saturated carbocycles. The van der Waals surface area contributed by atoms with Gasteiger partial charge in [-0.2, -0.15) is 0 Å². The van der Waals surface area contributed by atoms with Gasteiger partial charge in [-0.25, -0.2) is 0 Å². The maximum absolute atomic E-state index is 6.54. The Morgan fingerprint density at radius 3 is 1.22 bits per heavy atom. The first-order valence-electron chi connectivity index (χ1n) is 17.6. The van der Waals surface area contributed by atoms with Crippen molar-refractivity contribution in [2.75, 3.05) is 36.0 Å². The normalized spacial score (nSPS) is 17.4. The van der Waals surface area contributed by atoms with Crippen molar-refractivity contribution in [3.05, 3.63) is 72.8 Å². The number of hydrogen-bond acceptors (Lipinski definition) is 4.